The fourth-order valence-corrected chi connectivity index (χ4v) is 1.96. The number of para-hydroxylation sites is 1. The summed E-state index contributed by atoms with van der Waals surface area (Å²) in [6, 6.07) is 7.92. The molecular formula is C13H14N4O3. The maximum Gasteiger partial charge on any atom is 0.293 e. The van der Waals surface area contributed by atoms with Gasteiger partial charge in [-0.2, -0.15) is 0 Å². The van der Waals surface area contributed by atoms with Crippen LogP contribution >= 0.6 is 0 Å². The van der Waals surface area contributed by atoms with Gasteiger partial charge in [-0.25, -0.2) is 0 Å². The summed E-state index contributed by atoms with van der Waals surface area (Å²) < 4.78 is 1.47. The molecule has 1 heterocycles. The molecule has 0 aliphatic carbocycles. The lowest BCUT2D eigenvalue weighted by atomic mass is 10.1. The highest BCUT2D eigenvalue weighted by Crippen LogP contribution is 2.27. The minimum Gasteiger partial charge on any atom is -0.318 e. The van der Waals surface area contributed by atoms with Gasteiger partial charge in [0.2, 0.25) is 0 Å². The summed E-state index contributed by atoms with van der Waals surface area (Å²) in [5.41, 5.74) is 3.71. The van der Waals surface area contributed by atoms with Crippen LogP contribution in [0.15, 0.2) is 41.3 Å². The number of hydrogen-bond acceptors (Lipinski definition) is 5. The summed E-state index contributed by atoms with van der Waals surface area (Å²) in [4.78, 5) is 22.3. The molecule has 0 amide bonds. The summed E-state index contributed by atoms with van der Waals surface area (Å²) in [5, 5.41) is 10.9. The zero-order valence-corrected chi connectivity index (χ0v) is 10.9. The third kappa shape index (κ3) is 2.67. The summed E-state index contributed by atoms with van der Waals surface area (Å²) in [6.07, 6.45) is 1.65. The van der Waals surface area contributed by atoms with E-state index in [0.717, 1.165) is 5.56 Å². The van der Waals surface area contributed by atoms with Gasteiger partial charge in [-0.3, -0.25) is 20.8 Å². The highest BCUT2D eigenvalue weighted by atomic mass is 16.6. The van der Waals surface area contributed by atoms with Crippen molar-refractivity contribution in [3.63, 3.8) is 0 Å². The number of aryl methyl sites for hydroxylation is 1. The lowest BCUT2D eigenvalue weighted by Gasteiger charge is -2.11. The summed E-state index contributed by atoms with van der Waals surface area (Å²) in [6.45, 7) is 2.03. The fraction of sp³-hybridized carbons (Fsp3) is 0.154. The topological polar surface area (TPSA) is 103 Å². The number of benzene rings is 1. The van der Waals surface area contributed by atoms with E-state index in [1.807, 2.05) is 6.92 Å². The minimum absolute atomic E-state index is 0.120. The number of rotatable bonds is 4. The monoisotopic (exact) mass is 274 g/mol. The second-order valence-corrected chi connectivity index (χ2v) is 4.38. The van der Waals surface area contributed by atoms with Gasteiger partial charge < -0.3 is 9.99 Å². The van der Waals surface area contributed by atoms with Crippen molar-refractivity contribution in [2.24, 2.45) is 5.84 Å². The van der Waals surface area contributed by atoms with E-state index in [2.05, 4.69) is 5.43 Å². The first-order chi connectivity index (χ1) is 9.52. The SMILES string of the molecule is Cc1ccn(Cc2cccc([N+](=O)[O-])c2NN)c(=O)c1. The molecule has 7 heteroatoms. The fourth-order valence-electron chi connectivity index (χ4n) is 1.96. The third-order valence-electron chi connectivity index (χ3n) is 2.96. The Morgan fingerprint density at radius 3 is 2.75 bits per heavy atom. The van der Waals surface area contributed by atoms with Crippen molar-refractivity contribution in [2.75, 3.05) is 5.43 Å². The first-order valence-electron chi connectivity index (χ1n) is 5.93. The van der Waals surface area contributed by atoms with E-state index in [9.17, 15) is 14.9 Å². The van der Waals surface area contributed by atoms with E-state index in [-0.39, 0.29) is 23.5 Å². The lowest BCUT2D eigenvalue weighted by Crippen LogP contribution is -2.21. The molecule has 3 N–H and O–H groups in total. The standard InChI is InChI=1S/C13H14N4O3/c1-9-5-6-16(12(18)7-9)8-10-3-2-4-11(17(19)20)13(10)15-14/h2-7,15H,8,14H2,1H3. The van der Waals surface area contributed by atoms with Crippen LogP contribution in [-0.2, 0) is 6.54 Å². The highest BCUT2D eigenvalue weighted by Gasteiger charge is 2.16. The normalized spacial score (nSPS) is 10.3. The van der Waals surface area contributed by atoms with Crippen molar-refractivity contribution in [2.45, 2.75) is 13.5 Å². The van der Waals surface area contributed by atoms with E-state index in [1.54, 1.807) is 24.4 Å². The van der Waals surface area contributed by atoms with Gasteiger partial charge in [0, 0.05) is 23.9 Å². The average molecular weight is 274 g/mol. The van der Waals surface area contributed by atoms with Crippen molar-refractivity contribution in [1.29, 1.82) is 0 Å². The van der Waals surface area contributed by atoms with Crippen LogP contribution in [0.1, 0.15) is 11.1 Å². The second-order valence-electron chi connectivity index (χ2n) is 4.38. The molecule has 0 unspecified atom stereocenters. The van der Waals surface area contributed by atoms with Gasteiger partial charge in [0.1, 0.15) is 5.69 Å². The Balaban J connectivity index is 2.46. The van der Waals surface area contributed by atoms with Gasteiger partial charge in [0.15, 0.2) is 0 Å². The number of nitrogen functional groups attached to an aromatic ring is 1. The minimum atomic E-state index is -0.517. The number of hydrazine groups is 1. The Kier molecular flexibility index (Phi) is 3.81. The van der Waals surface area contributed by atoms with E-state index in [4.69, 9.17) is 5.84 Å². The molecule has 0 bridgehead atoms. The van der Waals surface area contributed by atoms with Crippen molar-refractivity contribution in [3.05, 3.63) is 68.1 Å². The molecule has 0 aliphatic rings. The van der Waals surface area contributed by atoms with Crippen molar-refractivity contribution < 1.29 is 4.92 Å². The molecule has 20 heavy (non-hydrogen) atoms. The molecule has 0 saturated heterocycles. The molecule has 7 nitrogen and oxygen atoms in total. The van der Waals surface area contributed by atoms with E-state index in [1.165, 1.54) is 16.7 Å². The summed E-state index contributed by atoms with van der Waals surface area (Å²) in [5.74, 6) is 5.36. The third-order valence-corrected chi connectivity index (χ3v) is 2.96. The molecule has 1 aromatic carbocycles. The predicted molar refractivity (Wildman–Crippen MR) is 75.4 cm³/mol. The molecular weight excluding hydrogens is 260 g/mol. The van der Waals surface area contributed by atoms with E-state index >= 15 is 0 Å². The van der Waals surface area contributed by atoms with Crippen molar-refractivity contribution in [3.8, 4) is 0 Å². The van der Waals surface area contributed by atoms with E-state index < -0.39 is 4.92 Å². The van der Waals surface area contributed by atoms with Gasteiger partial charge in [-0.05, 0) is 18.6 Å². The Morgan fingerprint density at radius 2 is 2.15 bits per heavy atom. The summed E-state index contributed by atoms with van der Waals surface area (Å²) in [7, 11) is 0. The number of anilines is 1. The Bertz CT molecular complexity index is 709. The van der Waals surface area contributed by atoms with Crippen LogP contribution in [0.25, 0.3) is 0 Å². The zero-order chi connectivity index (χ0) is 14.7. The van der Waals surface area contributed by atoms with Gasteiger partial charge in [-0.15, -0.1) is 0 Å². The number of nitro benzene ring substituents is 1. The molecule has 0 atom stereocenters. The van der Waals surface area contributed by atoms with Gasteiger partial charge in [0.05, 0.1) is 11.5 Å². The smallest absolute Gasteiger partial charge is 0.293 e. The molecule has 1 aromatic heterocycles. The zero-order valence-electron chi connectivity index (χ0n) is 10.9. The van der Waals surface area contributed by atoms with Gasteiger partial charge >= 0.3 is 0 Å². The molecule has 0 saturated carbocycles. The summed E-state index contributed by atoms with van der Waals surface area (Å²) >= 11 is 0. The number of aromatic nitrogens is 1. The second kappa shape index (κ2) is 5.54. The average Bonchev–Trinajstić information content (AvgIpc) is 2.41. The quantitative estimate of drug-likeness (QED) is 0.498. The van der Waals surface area contributed by atoms with E-state index in [0.29, 0.717) is 5.56 Å². The largest absolute Gasteiger partial charge is 0.318 e. The van der Waals surface area contributed by atoms with Gasteiger partial charge in [0.25, 0.3) is 11.2 Å². The number of nitrogens with zero attached hydrogens (tertiary/aromatic N) is 2. The number of nitrogens with one attached hydrogen (secondary N) is 1. The highest BCUT2D eigenvalue weighted by molar-refractivity contribution is 5.65. The van der Waals surface area contributed by atoms with Crippen LogP contribution in [0.3, 0.4) is 0 Å². The number of hydrogen-bond donors (Lipinski definition) is 2. The Labute approximate surface area is 114 Å². The molecule has 0 fully saturated rings. The molecule has 104 valence electrons. The number of pyridine rings is 1. The first-order valence-corrected chi connectivity index (χ1v) is 5.93. The molecule has 0 spiro atoms. The first kappa shape index (κ1) is 13.8. The van der Waals surface area contributed by atoms with Crippen molar-refractivity contribution in [1.82, 2.24) is 4.57 Å². The molecule has 0 aliphatic heterocycles. The Hall–Kier alpha value is -2.67. The Morgan fingerprint density at radius 1 is 1.40 bits per heavy atom. The van der Waals surface area contributed by atoms with Crippen LogP contribution in [0.5, 0.6) is 0 Å². The number of nitrogens with two attached hydrogens (primary N) is 1. The molecule has 2 rings (SSSR count). The molecule has 0 radical (unpaired) electrons. The van der Waals surface area contributed by atoms with Crippen LogP contribution < -0.4 is 16.8 Å². The lowest BCUT2D eigenvalue weighted by molar-refractivity contribution is -0.384. The predicted octanol–water partition coefficient (Wildman–Crippen LogP) is 1.40. The maximum atomic E-state index is 11.8. The van der Waals surface area contributed by atoms with Crippen LogP contribution in [0.2, 0.25) is 0 Å². The van der Waals surface area contributed by atoms with Crippen LogP contribution in [0.4, 0.5) is 11.4 Å². The molecule has 2 aromatic rings. The van der Waals surface area contributed by atoms with Crippen molar-refractivity contribution >= 4 is 11.4 Å². The van der Waals surface area contributed by atoms with Crippen LogP contribution in [0, 0.1) is 17.0 Å². The van der Waals surface area contributed by atoms with Crippen LogP contribution in [-0.4, -0.2) is 9.49 Å². The maximum absolute atomic E-state index is 11.8. The number of nitro groups is 1. The van der Waals surface area contributed by atoms with Gasteiger partial charge in [-0.1, -0.05) is 12.1 Å².